The molecule has 1 aliphatic rings. The van der Waals surface area contributed by atoms with E-state index in [-0.39, 0.29) is 0 Å². The van der Waals surface area contributed by atoms with Crippen LogP contribution in [0.1, 0.15) is 39.0 Å². The monoisotopic (exact) mass is 149 g/mol. The number of nitriles is 1. The Kier molecular flexibility index (Phi) is 3.16. The van der Waals surface area contributed by atoms with Gasteiger partial charge < -0.3 is 0 Å². The molecule has 0 aliphatic heterocycles. The van der Waals surface area contributed by atoms with Gasteiger partial charge in [-0.25, -0.2) is 0 Å². The van der Waals surface area contributed by atoms with E-state index in [1.54, 1.807) is 6.08 Å². The second-order valence-electron chi connectivity index (χ2n) is 3.35. The molecule has 0 spiro atoms. The zero-order valence-electron chi connectivity index (χ0n) is 7.14. The summed E-state index contributed by atoms with van der Waals surface area (Å²) in [6, 6.07) is 2.10. The SMILES string of the molecule is C/C(=C\C#N)C1CCCCC1. The molecule has 1 heteroatoms. The fourth-order valence-electron chi connectivity index (χ4n) is 1.78. The first kappa shape index (κ1) is 8.33. The topological polar surface area (TPSA) is 23.8 Å². The second kappa shape index (κ2) is 4.18. The molecule has 0 saturated heterocycles. The molecule has 0 aromatic rings. The van der Waals surface area contributed by atoms with Crippen molar-refractivity contribution in [2.45, 2.75) is 39.0 Å². The number of allylic oxidation sites excluding steroid dienone is 2. The summed E-state index contributed by atoms with van der Waals surface area (Å²) in [7, 11) is 0. The summed E-state index contributed by atoms with van der Waals surface area (Å²) >= 11 is 0. The van der Waals surface area contributed by atoms with Crippen LogP contribution in [0.15, 0.2) is 11.6 Å². The van der Waals surface area contributed by atoms with Gasteiger partial charge in [-0.15, -0.1) is 0 Å². The number of nitrogens with zero attached hydrogens (tertiary/aromatic N) is 1. The second-order valence-corrected chi connectivity index (χ2v) is 3.35. The van der Waals surface area contributed by atoms with Crippen molar-refractivity contribution in [3.05, 3.63) is 11.6 Å². The van der Waals surface area contributed by atoms with Crippen molar-refractivity contribution in [1.82, 2.24) is 0 Å². The summed E-state index contributed by atoms with van der Waals surface area (Å²) in [5.74, 6) is 0.711. The van der Waals surface area contributed by atoms with E-state index in [0.717, 1.165) is 0 Å². The van der Waals surface area contributed by atoms with E-state index >= 15 is 0 Å². The van der Waals surface area contributed by atoms with Crippen LogP contribution in [-0.2, 0) is 0 Å². The van der Waals surface area contributed by atoms with Crippen LogP contribution in [0.2, 0.25) is 0 Å². The lowest BCUT2D eigenvalue weighted by Crippen LogP contribution is -2.06. The van der Waals surface area contributed by atoms with Crippen LogP contribution in [0.3, 0.4) is 0 Å². The van der Waals surface area contributed by atoms with E-state index in [2.05, 4.69) is 13.0 Å². The minimum atomic E-state index is 0.711. The van der Waals surface area contributed by atoms with Gasteiger partial charge in [-0.2, -0.15) is 5.26 Å². The molecule has 0 aromatic heterocycles. The van der Waals surface area contributed by atoms with E-state index in [1.165, 1.54) is 37.7 Å². The molecule has 0 amide bonds. The zero-order valence-corrected chi connectivity index (χ0v) is 7.14. The zero-order chi connectivity index (χ0) is 8.10. The van der Waals surface area contributed by atoms with Gasteiger partial charge in [0.05, 0.1) is 6.07 Å². The molecule has 0 N–H and O–H groups in total. The van der Waals surface area contributed by atoms with Gasteiger partial charge in [0, 0.05) is 6.08 Å². The highest BCUT2D eigenvalue weighted by molar-refractivity contribution is 5.14. The van der Waals surface area contributed by atoms with Crippen LogP contribution in [0, 0.1) is 17.2 Å². The van der Waals surface area contributed by atoms with Crippen LogP contribution in [-0.4, -0.2) is 0 Å². The normalized spacial score (nSPS) is 21.3. The Labute approximate surface area is 68.7 Å². The van der Waals surface area contributed by atoms with Gasteiger partial charge in [-0.3, -0.25) is 0 Å². The van der Waals surface area contributed by atoms with Crippen molar-refractivity contribution in [3.8, 4) is 6.07 Å². The highest BCUT2D eigenvalue weighted by Crippen LogP contribution is 2.28. The minimum Gasteiger partial charge on any atom is -0.193 e. The van der Waals surface area contributed by atoms with Gasteiger partial charge in [0.2, 0.25) is 0 Å². The predicted molar refractivity (Wildman–Crippen MR) is 45.9 cm³/mol. The summed E-state index contributed by atoms with van der Waals surface area (Å²) in [6.45, 7) is 2.08. The maximum absolute atomic E-state index is 8.44. The average molecular weight is 149 g/mol. The van der Waals surface area contributed by atoms with Gasteiger partial charge in [-0.05, 0) is 25.7 Å². The lowest BCUT2D eigenvalue weighted by atomic mass is 9.84. The largest absolute Gasteiger partial charge is 0.193 e. The molecule has 11 heavy (non-hydrogen) atoms. The maximum Gasteiger partial charge on any atom is 0.0911 e. The average Bonchev–Trinajstić information content (AvgIpc) is 2.07. The van der Waals surface area contributed by atoms with Crippen LogP contribution in [0.4, 0.5) is 0 Å². The van der Waals surface area contributed by atoms with Crippen molar-refractivity contribution in [1.29, 1.82) is 5.26 Å². The molecular weight excluding hydrogens is 134 g/mol. The molecule has 1 fully saturated rings. The molecule has 1 rings (SSSR count). The van der Waals surface area contributed by atoms with Crippen molar-refractivity contribution < 1.29 is 0 Å². The van der Waals surface area contributed by atoms with Crippen molar-refractivity contribution in [3.63, 3.8) is 0 Å². The lowest BCUT2D eigenvalue weighted by Gasteiger charge is -2.21. The van der Waals surface area contributed by atoms with E-state index < -0.39 is 0 Å². The molecular formula is C10H15N. The summed E-state index contributed by atoms with van der Waals surface area (Å²) in [5, 5.41) is 8.44. The fraction of sp³-hybridized carbons (Fsp3) is 0.700. The smallest absolute Gasteiger partial charge is 0.0911 e. The van der Waals surface area contributed by atoms with Crippen LogP contribution in [0.25, 0.3) is 0 Å². The highest BCUT2D eigenvalue weighted by atomic mass is 14.2. The van der Waals surface area contributed by atoms with Crippen LogP contribution < -0.4 is 0 Å². The summed E-state index contributed by atoms with van der Waals surface area (Å²) in [5.41, 5.74) is 1.28. The van der Waals surface area contributed by atoms with E-state index in [1.807, 2.05) is 0 Å². The Morgan fingerprint density at radius 3 is 2.55 bits per heavy atom. The standard InChI is InChI=1S/C10H15N/c1-9(7-8-11)10-5-3-2-4-6-10/h7,10H,2-6H2,1H3/b9-7+. The van der Waals surface area contributed by atoms with Gasteiger partial charge in [0.25, 0.3) is 0 Å². The minimum absolute atomic E-state index is 0.711. The Bertz CT molecular complexity index is 180. The molecule has 0 aromatic carbocycles. The Morgan fingerprint density at radius 1 is 1.36 bits per heavy atom. The molecule has 60 valence electrons. The van der Waals surface area contributed by atoms with E-state index in [0.29, 0.717) is 5.92 Å². The molecule has 0 radical (unpaired) electrons. The third-order valence-electron chi connectivity index (χ3n) is 2.54. The van der Waals surface area contributed by atoms with Gasteiger partial charge in [0.15, 0.2) is 0 Å². The molecule has 1 aliphatic carbocycles. The van der Waals surface area contributed by atoms with Crippen LogP contribution >= 0.6 is 0 Å². The van der Waals surface area contributed by atoms with Crippen molar-refractivity contribution >= 4 is 0 Å². The fourth-order valence-corrected chi connectivity index (χ4v) is 1.78. The third-order valence-corrected chi connectivity index (χ3v) is 2.54. The number of rotatable bonds is 1. The van der Waals surface area contributed by atoms with Crippen molar-refractivity contribution in [2.24, 2.45) is 5.92 Å². The third kappa shape index (κ3) is 2.38. The maximum atomic E-state index is 8.44. The molecule has 1 nitrogen and oxygen atoms in total. The van der Waals surface area contributed by atoms with E-state index in [4.69, 9.17) is 5.26 Å². The van der Waals surface area contributed by atoms with Gasteiger partial charge in [0.1, 0.15) is 0 Å². The number of hydrogen-bond acceptors (Lipinski definition) is 1. The Hall–Kier alpha value is -0.770. The lowest BCUT2D eigenvalue weighted by molar-refractivity contribution is 0.403. The quantitative estimate of drug-likeness (QED) is 0.526. The molecule has 0 unspecified atom stereocenters. The first-order valence-corrected chi connectivity index (χ1v) is 4.41. The van der Waals surface area contributed by atoms with Gasteiger partial charge in [-0.1, -0.05) is 24.8 Å². The number of hydrogen-bond donors (Lipinski definition) is 0. The predicted octanol–water partition coefficient (Wildman–Crippen LogP) is 3.04. The first-order chi connectivity index (χ1) is 5.34. The highest BCUT2D eigenvalue weighted by Gasteiger charge is 2.14. The molecule has 0 heterocycles. The van der Waals surface area contributed by atoms with Crippen LogP contribution in [0.5, 0.6) is 0 Å². The Balaban J connectivity index is 2.46. The van der Waals surface area contributed by atoms with Crippen molar-refractivity contribution in [2.75, 3.05) is 0 Å². The molecule has 1 saturated carbocycles. The summed E-state index contributed by atoms with van der Waals surface area (Å²) < 4.78 is 0. The Morgan fingerprint density at radius 2 is 2.00 bits per heavy atom. The summed E-state index contributed by atoms with van der Waals surface area (Å²) in [4.78, 5) is 0. The van der Waals surface area contributed by atoms with Gasteiger partial charge >= 0.3 is 0 Å². The summed E-state index contributed by atoms with van der Waals surface area (Å²) in [6.07, 6.45) is 8.38. The molecule has 0 atom stereocenters. The van der Waals surface area contributed by atoms with E-state index in [9.17, 15) is 0 Å². The first-order valence-electron chi connectivity index (χ1n) is 4.41. The molecule has 0 bridgehead atoms.